The number of urea groups is 1. The van der Waals surface area contributed by atoms with Gasteiger partial charge in [0.05, 0.1) is 5.69 Å². The topological polar surface area (TPSA) is 71.3 Å². The van der Waals surface area contributed by atoms with Crippen molar-refractivity contribution < 1.29 is 9.32 Å². The summed E-state index contributed by atoms with van der Waals surface area (Å²) in [4.78, 5) is 18.0. The van der Waals surface area contributed by atoms with Gasteiger partial charge in [-0.3, -0.25) is 4.90 Å². The number of amides is 2. The normalized spacial score (nSPS) is 10.6. The van der Waals surface area contributed by atoms with Crippen LogP contribution in [0.25, 0.3) is 0 Å². The molecule has 0 aliphatic carbocycles. The zero-order chi connectivity index (χ0) is 15.7. The molecule has 21 heavy (non-hydrogen) atoms. The molecule has 0 bridgehead atoms. The van der Waals surface area contributed by atoms with Crippen LogP contribution in [0.5, 0.6) is 0 Å². The van der Waals surface area contributed by atoms with E-state index in [2.05, 4.69) is 15.5 Å². The number of anilines is 2. The second kappa shape index (κ2) is 5.73. The summed E-state index contributed by atoms with van der Waals surface area (Å²) in [5.41, 5.74) is 3.45. The highest BCUT2D eigenvalue weighted by molar-refractivity contribution is 6.32. The Labute approximate surface area is 128 Å². The maximum atomic E-state index is 12.4. The zero-order valence-electron chi connectivity index (χ0n) is 12.6. The second-order valence-electron chi connectivity index (χ2n) is 4.91. The molecule has 2 aromatic heterocycles. The lowest BCUT2D eigenvalue weighted by Crippen LogP contribution is -2.32. The van der Waals surface area contributed by atoms with Crippen LogP contribution >= 0.6 is 11.6 Å². The molecule has 2 rings (SSSR count). The minimum absolute atomic E-state index is 0.271. The van der Waals surface area contributed by atoms with Gasteiger partial charge in [-0.25, -0.2) is 9.78 Å². The number of rotatable bonds is 2. The number of aromatic nitrogens is 2. The molecule has 2 aromatic rings. The first-order valence-corrected chi connectivity index (χ1v) is 6.80. The molecule has 7 heteroatoms. The maximum Gasteiger partial charge on any atom is 0.326 e. The highest BCUT2D eigenvalue weighted by atomic mass is 35.5. The predicted molar refractivity (Wildman–Crippen MR) is 82.1 cm³/mol. The number of carbonyl (C=O) groups excluding carboxylic acids is 1. The first-order valence-electron chi connectivity index (χ1n) is 6.42. The van der Waals surface area contributed by atoms with Crippen LogP contribution in [0.3, 0.4) is 0 Å². The Hall–Kier alpha value is -2.08. The summed E-state index contributed by atoms with van der Waals surface area (Å²) in [6.45, 7) is 7.25. The summed E-state index contributed by atoms with van der Waals surface area (Å²) in [6.07, 6.45) is 0. The van der Waals surface area contributed by atoms with E-state index in [0.717, 1.165) is 11.3 Å². The van der Waals surface area contributed by atoms with Crippen molar-refractivity contribution in [3.8, 4) is 0 Å². The van der Waals surface area contributed by atoms with E-state index in [1.165, 1.54) is 4.90 Å². The molecule has 0 aliphatic rings. The van der Waals surface area contributed by atoms with Crippen molar-refractivity contribution in [2.75, 3.05) is 17.3 Å². The fraction of sp³-hybridized carbons (Fsp3) is 0.357. The lowest BCUT2D eigenvalue weighted by Gasteiger charge is -2.19. The van der Waals surface area contributed by atoms with Crippen molar-refractivity contribution in [3.05, 3.63) is 33.9 Å². The van der Waals surface area contributed by atoms with Gasteiger partial charge < -0.3 is 9.84 Å². The van der Waals surface area contributed by atoms with E-state index < -0.39 is 0 Å². The highest BCUT2D eigenvalue weighted by Crippen LogP contribution is 2.27. The zero-order valence-corrected chi connectivity index (χ0v) is 13.4. The second-order valence-corrected chi connectivity index (χ2v) is 5.27. The van der Waals surface area contributed by atoms with Gasteiger partial charge in [0.15, 0.2) is 10.9 Å². The number of pyridine rings is 1. The predicted octanol–water partition coefficient (Wildman–Crippen LogP) is 3.62. The van der Waals surface area contributed by atoms with Gasteiger partial charge in [-0.2, -0.15) is 0 Å². The van der Waals surface area contributed by atoms with Gasteiger partial charge in [-0.05, 0) is 39.3 Å². The van der Waals surface area contributed by atoms with Gasteiger partial charge in [-0.1, -0.05) is 16.8 Å². The number of nitrogens with one attached hydrogen (secondary N) is 1. The number of aryl methyl sites for hydroxylation is 4. The lowest BCUT2D eigenvalue weighted by molar-refractivity contribution is 0.258. The van der Waals surface area contributed by atoms with Crippen LogP contribution in [-0.4, -0.2) is 23.2 Å². The Morgan fingerprint density at radius 3 is 2.52 bits per heavy atom. The number of halogens is 1. The lowest BCUT2D eigenvalue weighted by atomic mass is 10.2. The third-order valence-electron chi connectivity index (χ3n) is 3.17. The van der Waals surface area contributed by atoms with E-state index in [-0.39, 0.29) is 11.2 Å². The van der Waals surface area contributed by atoms with Crippen molar-refractivity contribution in [3.63, 3.8) is 0 Å². The van der Waals surface area contributed by atoms with Gasteiger partial charge in [0.2, 0.25) is 0 Å². The van der Waals surface area contributed by atoms with Crippen LogP contribution in [0.4, 0.5) is 16.2 Å². The molecule has 0 saturated carbocycles. The summed E-state index contributed by atoms with van der Waals surface area (Å²) in [5, 5.41) is 6.88. The molecule has 0 aliphatic heterocycles. The van der Waals surface area contributed by atoms with Crippen molar-refractivity contribution >= 4 is 29.0 Å². The van der Waals surface area contributed by atoms with Crippen LogP contribution in [-0.2, 0) is 0 Å². The van der Waals surface area contributed by atoms with Crippen LogP contribution in [0.1, 0.15) is 22.7 Å². The fourth-order valence-corrected chi connectivity index (χ4v) is 2.52. The van der Waals surface area contributed by atoms with E-state index in [1.54, 1.807) is 20.9 Å². The molecule has 0 fully saturated rings. The number of hydrogen-bond acceptors (Lipinski definition) is 4. The number of hydrogen-bond donors (Lipinski definition) is 1. The molecule has 0 unspecified atom stereocenters. The average molecular weight is 309 g/mol. The van der Waals surface area contributed by atoms with Gasteiger partial charge in [-0.15, -0.1) is 0 Å². The SMILES string of the molecule is Cc1cc(C)c(NC(=O)N(C)c2c(C)noc2C)c(Cl)n1. The Kier molecular flexibility index (Phi) is 4.18. The van der Waals surface area contributed by atoms with Gasteiger partial charge in [0.1, 0.15) is 11.4 Å². The Morgan fingerprint density at radius 1 is 1.33 bits per heavy atom. The summed E-state index contributed by atoms with van der Waals surface area (Å²) in [6, 6.07) is 1.53. The molecule has 0 saturated heterocycles. The molecule has 2 amide bonds. The quantitative estimate of drug-likeness (QED) is 0.860. The van der Waals surface area contributed by atoms with Crippen molar-refractivity contribution in [1.82, 2.24) is 10.1 Å². The van der Waals surface area contributed by atoms with Crippen molar-refractivity contribution in [2.24, 2.45) is 0 Å². The monoisotopic (exact) mass is 308 g/mol. The molecule has 0 spiro atoms. The summed E-state index contributed by atoms with van der Waals surface area (Å²) < 4.78 is 5.07. The van der Waals surface area contributed by atoms with E-state index >= 15 is 0 Å². The van der Waals surface area contributed by atoms with Crippen LogP contribution in [0.2, 0.25) is 5.15 Å². The van der Waals surface area contributed by atoms with Crippen LogP contribution in [0.15, 0.2) is 10.6 Å². The standard InChI is InChI=1S/C14H17ClN4O2/c1-7-6-8(2)16-13(15)11(7)17-14(20)19(5)12-9(3)18-21-10(12)4/h6H,1-5H3,(H,17,20). The minimum atomic E-state index is -0.333. The Bertz CT molecular complexity index is 654. The summed E-state index contributed by atoms with van der Waals surface area (Å²) in [5.74, 6) is 0.579. The van der Waals surface area contributed by atoms with Crippen LogP contribution < -0.4 is 10.2 Å². The van der Waals surface area contributed by atoms with Gasteiger partial charge in [0.25, 0.3) is 0 Å². The minimum Gasteiger partial charge on any atom is -0.359 e. The van der Waals surface area contributed by atoms with Gasteiger partial charge in [0, 0.05) is 12.7 Å². The molecule has 2 heterocycles. The number of carbonyl (C=O) groups is 1. The largest absolute Gasteiger partial charge is 0.359 e. The maximum absolute atomic E-state index is 12.4. The molecule has 6 nitrogen and oxygen atoms in total. The average Bonchev–Trinajstić information content (AvgIpc) is 2.72. The smallest absolute Gasteiger partial charge is 0.326 e. The molecular weight excluding hydrogens is 292 g/mol. The molecule has 0 radical (unpaired) electrons. The van der Waals surface area contributed by atoms with E-state index in [1.807, 2.05) is 19.9 Å². The molecule has 112 valence electrons. The molecule has 0 atom stereocenters. The fourth-order valence-electron chi connectivity index (χ4n) is 2.19. The first kappa shape index (κ1) is 15.3. The molecule has 0 aromatic carbocycles. The Morgan fingerprint density at radius 2 is 2.00 bits per heavy atom. The summed E-state index contributed by atoms with van der Waals surface area (Å²) >= 11 is 6.10. The first-order chi connectivity index (χ1) is 9.81. The molecule has 1 N–H and O–H groups in total. The highest BCUT2D eigenvalue weighted by Gasteiger charge is 2.21. The van der Waals surface area contributed by atoms with Crippen LogP contribution in [0, 0.1) is 27.7 Å². The van der Waals surface area contributed by atoms with E-state index in [4.69, 9.17) is 16.1 Å². The van der Waals surface area contributed by atoms with Crippen molar-refractivity contribution in [2.45, 2.75) is 27.7 Å². The van der Waals surface area contributed by atoms with Gasteiger partial charge >= 0.3 is 6.03 Å². The van der Waals surface area contributed by atoms with E-state index in [9.17, 15) is 4.79 Å². The Balaban J connectivity index is 2.27. The number of nitrogens with zero attached hydrogens (tertiary/aromatic N) is 3. The molecular formula is C14H17ClN4O2. The third-order valence-corrected chi connectivity index (χ3v) is 3.44. The van der Waals surface area contributed by atoms with E-state index in [0.29, 0.717) is 22.8 Å². The van der Waals surface area contributed by atoms with Crippen molar-refractivity contribution in [1.29, 1.82) is 0 Å². The third kappa shape index (κ3) is 3.00. The summed E-state index contributed by atoms with van der Waals surface area (Å²) in [7, 11) is 1.65.